The van der Waals surface area contributed by atoms with Crippen molar-refractivity contribution in [3.05, 3.63) is 47.1 Å². The zero-order valence-corrected chi connectivity index (χ0v) is 14.5. The molecular weight excluding hydrogens is 318 g/mol. The van der Waals surface area contributed by atoms with Gasteiger partial charge in [0, 0.05) is 13.0 Å². The normalized spacial score (nSPS) is 22.8. The molecule has 4 rings (SSSR count). The number of fused-ring (bicyclic) bond motifs is 1. The number of carbonyl (C=O) groups excluding carboxylic acids is 1. The molecule has 132 valence electrons. The number of nitrogens with zero attached hydrogens (tertiary/aromatic N) is 3. The molecule has 0 N–H and O–H groups in total. The Balaban J connectivity index is 1.49. The van der Waals surface area contributed by atoms with E-state index in [2.05, 4.69) is 22.3 Å². The van der Waals surface area contributed by atoms with E-state index in [1.165, 1.54) is 5.56 Å². The Morgan fingerprint density at radius 1 is 1.36 bits per heavy atom. The average Bonchev–Trinajstić information content (AvgIpc) is 3.31. The summed E-state index contributed by atoms with van der Waals surface area (Å²) in [5.74, 6) is 1.36. The summed E-state index contributed by atoms with van der Waals surface area (Å²) in [5.41, 5.74) is 2.43. The van der Waals surface area contributed by atoms with Gasteiger partial charge in [-0.2, -0.15) is 4.98 Å². The minimum absolute atomic E-state index is 0.0737. The third-order valence-corrected chi connectivity index (χ3v) is 5.11. The lowest BCUT2D eigenvalue weighted by Gasteiger charge is -2.29. The van der Waals surface area contributed by atoms with Crippen LogP contribution in [-0.4, -0.2) is 34.1 Å². The highest BCUT2D eigenvalue weighted by atomic mass is 16.5. The van der Waals surface area contributed by atoms with E-state index in [0.29, 0.717) is 31.2 Å². The minimum Gasteiger partial charge on any atom is -0.373 e. The van der Waals surface area contributed by atoms with E-state index < -0.39 is 0 Å². The third-order valence-electron chi connectivity index (χ3n) is 5.11. The average molecular weight is 341 g/mol. The van der Waals surface area contributed by atoms with Gasteiger partial charge in [-0.25, -0.2) is 0 Å². The van der Waals surface area contributed by atoms with E-state index in [-0.39, 0.29) is 18.1 Å². The summed E-state index contributed by atoms with van der Waals surface area (Å²) in [5, 5.41) is 4.07. The van der Waals surface area contributed by atoms with Crippen LogP contribution in [0.5, 0.6) is 0 Å². The van der Waals surface area contributed by atoms with Crippen LogP contribution >= 0.6 is 0 Å². The van der Waals surface area contributed by atoms with Gasteiger partial charge in [-0.1, -0.05) is 36.3 Å². The quantitative estimate of drug-likeness (QED) is 0.855. The molecule has 2 atom stereocenters. The largest absolute Gasteiger partial charge is 0.373 e. The molecule has 6 heteroatoms. The number of aromatic nitrogens is 2. The summed E-state index contributed by atoms with van der Waals surface area (Å²) >= 11 is 0. The molecule has 25 heavy (non-hydrogen) atoms. The third kappa shape index (κ3) is 3.18. The van der Waals surface area contributed by atoms with Gasteiger partial charge in [-0.15, -0.1) is 0 Å². The Bertz CT molecular complexity index is 758. The van der Waals surface area contributed by atoms with E-state index in [1.54, 1.807) is 0 Å². The van der Waals surface area contributed by atoms with Crippen molar-refractivity contribution >= 4 is 5.91 Å². The fraction of sp³-hybridized carbons (Fsp3) is 0.526. The molecule has 3 heterocycles. The Labute approximate surface area is 147 Å². The first-order valence-corrected chi connectivity index (χ1v) is 9.07. The predicted molar refractivity (Wildman–Crippen MR) is 90.8 cm³/mol. The van der Waals surface area contributed by atoms with Gasteiger partial charge < -0.3 is 14.2 Å². The van der Waals surface area contributed by atoms with E-state index in [0.717, 1.165) is 31.4 Å². The fourth-order valence-corrected chi connectivity index (χ4v) is 3.80. The fourth-order valence-electron chi connectivity index (χ4n) is 3.80. The van der Waals surface area contributed by atoms with Crippen LogP contribution in [0.4, 0.5) is 0 Å². The van der Waals surface area contributed by atoms with Crippen molar-refractivity contribution in [2.24, 2.45) is 0 Å². The summed E-state index contributed by atoms with van der Waals surface area (Å²) in [6, 6.07) is 8.17. The summed E-state index contributed by atoms with van der Waals surface area (Å²) in [7, 11) is 0. The lowest BCUT2D eigenvalue weighted by molar-refractivity contribution is -0.135. The molecule has 0 aliphatic carbocycles. The van der Waals surface area contributed by atoms with Crippen LogP contribution in [0.3, 0.4) is 0 Å². The molecular formula is C19H23N3O3. The number of carbonyl (C=O) groups is 1. The first kappa shape index (κ1) is 16.3. The highest BCUT2D eigenvalue weighted by Gasteiger charge is 2.35. The van der Waals surface area contributed by atoms with Crippen LogP contribution < -0.4 is 0 Å². The van der Waals surface area contributed by atoms with Gasteiger partial charge >= 0.3 is 0 Å². The topological polar surface area (TPSA) is 68.5 Å². The second kappa shape index (κ2) is 6.96. The summed E-state index contributed by atoms with van der Waals surface area (Å²) in [6.07, 6.45) is 3.68. The van der Waals surface area contributed by atoms with Gasteiger partial charge in [-0.3, -0.25) is 4.79 Å². The number of amides is 1. The lowest BCUT2D eigenvalue weighted by Crippen LogP contribution is -2.33. The van der Waals surface area contributed by atoms with Gasteiger partial charge in [0.1, 0.15) is 0 Å². The summed E-state index contributed by atoms with van der Waals surface area (Å²) < 4.78 is 11.1. The maximum absolute atomic E-state index is 12.9. The molecule has 1 aromatic heterocycles. The molecule has 1 fully saturated rings. The maximum atomic E-state index is 12.9. The number of benzene rings is 1. The molecule has 1 aromatic carbocycles. The Morgan fingerprint density at radius 2 is 2.24 bits per heavy atom. The van der Waals surface area contributed by atoms with Crippen molar-refractivity contribution in [3.8, 4) is 0 Å². The second-order valence-electron chi connectivity index (χ2n) is 6.66. The molecule has 2 aromatic rings. The van der Waals surface area contributed by atoms with Crippen LogP contribution in [0.25, 0.3) is 0 Å². The highest BCUT2D eigenvalue weighted by molar-refractivity contribution is 5.77. The molecule has 6 nitrogen and oxygen atoms in total. The molecule has 0 bridgehead atoms. The van der Waals surface area contributed by atoms with Crippen LogP contribution in [-0.2, 0) is 22.4 Å². The SMILES string of the molecule is CCc1nc(C2CCCN2C(=O)CC2OCCc3ccccc32)no1. The van der Waals surface area contributed by atoms with Crippen molar-refractivity contribution < 1.29 is 14.1 Å². The van der Waals surface area contributed by atoms with Crippen molar-refractivity contribution in [2.75, 3.05) is 13.2 Å². The molecule has 2 aliphatic heterocycles. The van der Waals surface area contributed by atoms with Gasteiger partial charge in [0.05, 0.1) is 25.2 Å². The Morgan fingerprint density at radius 3 is 3.08 bits per heavy atom. The first-order chi connectivity index (χ1) is 12.3. The second-order valence-corrected chi connectivity index (χ2v) is 6.66. The van der Waals surface area contributed by atoms with Gasteiger partial charge in [0.15, 0.2) is 5.82 Å². The number of likely N-dealkylation sites (tertiary alicyclic amines) is 1. The van der Waals surface area contributed by atoms with Crippen molar-refractivity contribution in [3.63, 3.8) is 0 Å². The van der Waals surface area contributed by atoms with Gasteiger partial charge in [0.2, 0.25) is 11.8 Å². The Kier molecular flexibility index (Phi) is 4.53. The molecule has 0 saturated carbocycles. The van der Waals surface area contributed by atoms with Crippen LogP contribution in [0.15, 0.2) is 28.8 Å². The maximum Gasteiger partial charge on any atom is 0.226 e. The summed E-state index contributed by atoms with van der Waals surface area (Å²) in [4.78, 5) is 19.3. The van der Waals surface area contributed by atoms with Crippen molar-refractivity contribution in [1.82, 2.24) is 15.0 Å². The number of hydrogen-bond donors (Lipinski definition) is 0. The van der Waals surface area contributed by atoms with E-state index in [4.69, 9.17) is 9.26 Å². The predicted octanol–water partition coefficient (Wildman–Crippen LogP) is 3.00. The first-order valence-electron chi connectivity index (χ1n) is 9.07. The highest BCUT2D eigenvalue weighted by Crippen LogP contribution is 2.34. The molecule has 1 saturated heterocycles. The zero-order chi connectivity index (χ0) is 17.2. The van der Waals surface area contributed by atoms with Crippen LogP contribution in [0, 0.1) is 0 Å². The van der Waals surface area contributed by atoms with E-state index >= 15 is 0 Å². The molecule has 0 radical (unpaired) electrons. The standard InChI is InChI=1S/C19H23N3O3/c1-2-17-20-19(21-25-17)15-8-5-10-22(15)18(23)12-16-14-7-4-3-6-13(14)9-11-24-16/h3-4,6-7,15-16H,2,5,8-12H2,1H3. The number of hydrogen-bond acceptors (Lipinski definition) is 5. The van der Waals surface area contributed by atoms with Gasteiger partial charge in [-0.05, 0) is 30.4 Å². The van der Waals surface area contributed by atoms with E-state index in [9.17, 15) is 4.79 Å². The number of ether oxygens (including phenoxy) is 1. The molecule has 1 amide bonds. The Hall–Kier alpha value is -2.21. The van der Waals surface area contributed by atoms with Crippen LogP contribution in [0.1, 0.15) is 61.2 Å². The monoisotopic (exact) mass is 341 g/mol. The molecule has 2 unspecified atom stereocenters. The summed E-state index contributed by atoms with van der Waals surface area (Å²) in [6.45, 7) is 3.39. The van der Waals surface area contributed by atoms with Crippen LogP contribution in [0.2, 0.25) is 0 Å². The van der Waals surface area contributed by atoms with Gasteiger partial charge in [0.25, 0.3) is 0 Å². The van der Waals surface area contributed by atoms with Crippen molar-refractivity contribution in [1.29, 1.82) is 0 Å². The number of aryl methyl sites for hydroxylation is 1. The lowest BCUT2D eigenvalue weighted by atomic mass is 9.95. The van der Waals surface area contributed by atoms with E-state index in [1.807, 2.05) is 24.0 Å². The smallest absolute Gasteiger partial charge is 0.226 e. The zero-order valence-electron chi connectivity index (χ0n) is 14.5. The molecule has 2 aliphatic rings. The molecule has 0 spiro atoms. The number of rotatable bonds is 4. The van der Waals surface area contributed by atoms with Crippen molar-refractivity contribution in [2.45, 2.75) is 51.2 Å². The minimum atomic E-state index is -0.157.